The highest BCUT2D eigenvalue weighted by Crippen LogP contribution is 2.41. The van der Waals surface area contributed by atoms with E-state index in [-0.39, 0.29) is 11.6 Å². The fraction of sp³-hybridized carbons (Fsp3) is 0.400. The summed E-state index contributed by atoms with van der Waals surface area (Å²) < 4.78 is 7.40. The molecule has 1 fully saturated rings. The minimum Gasteiger partial charge on any atom is -0.491 e. The van der Waals surface area contributed by atoms with Gasteiger partial charge in [-0.2, -0.15) is 0 Å². The molecule has 1 N–H and O–H groups in total. The summed E-state index contributed by atoms with van der Waals surface area (Å²) in [7, 11) is 0. The Balaban J connectivity index is 1.68. The number of hydrogen-bond acceptors (Lipinski definition) is 4. The van der Waals surface area contributed by atoms with E-state index in [1.54, 1.807) is 4.68 Å². The van der Waals surface area contributed by atoms with E-state index in [0.29, 0.717) is 13.2 Å². The number of nitrogens with zero attached hydrogens (tertiary/aromatic N) is 3. The number of aromatic carboxylic acids is 1. The van der Waals surface area contributed by atoms with E-state index in [2.05, 4.69) is 10.3 Å². The lowest BCUT2D eigenvalue weighted by Gasteiger charge is -2.10. The molecule has 1 aliphatic carbocycles. The SMILES string of the molecule is Cc1ccccc1OCCn1nnc(C(=O)O)c1C1CC1. The molecule has 0 radical (unpaired) electrons. The molecule has 21 heavy (non-hydrogen) atoms. The molecular weight excluding hydrogens is 270 g/mol. The van der Waals surface area contributed by atoms with Gasteiger partial charge < -0.3 is 9.84 Å². The summed E-state index contributed by atoms with van der Waals surface area (Å²) in [4.78, 5) is 11.2. The molecule has 0 unspecified atom stereocenters. The van der Waals surface area contributed by atoms with Gasteiger partial charge in [-0.25, -0.2) is 9.48 Å². The van der Waals surface area contributed by atoms with E-state index >= 15 is 0 Å². The van der Waals surface area contributed by atoms with Crippen LogP contribution in [0, 0.1) is 6.92 Å². The smallest absolute Gasteiger partial charge is 0.358 e. The van der Waals surface area contributed by atoms with Crippen LogP contribution in [0.4, 0.5) is 0 Å². The van der Waals surface area contributed by atoms with Crippen molar-refractivity contribution in [3.8, 4) is 5.75 Å². The molecule has 0 aliphatic heterocycles. The monoisotopic (exact) mass is 287 g/mol. The molecule has 0 spiro atoms. The third kappa shape index (κ3) is 2.89. The first-order valence-corrected chi connectivity index (χ1v) is 7.02. The number of aromatic nitrogens is 3. The van der Waals surface area contributed by atoms with E-state index in [0.717, 1.165) is 29.8 Å². The Morgan fingerprint density at radius 2 is 2.19 bits per heavy atom. The van der Waals surface area contributed by atoms with Crippen LogP contribution in [0.1, 0.15) is 40.5 Å². The number of carboxylic acid groups (broad SMARTS) is 1. The molecule has 1 aromatic carbocycles. The molecule has 1 heterocycles. The zero-order chi connectivity index (χ0) is 14.8. The Morgan fingerprint density at radius 3 is 2.86 bits per heavy atom. The maximum atomic E-state index is 11.2. The van der Waals surface area contributed by atoms with Gasteiger partial charge in [0.15, 0.2) is 5.69 Å². The lowest BCUT2D eigenvalue weighted by molar-refractivity contribution is 0.0689. The first-order chi connectivity index (χ1) is 10.2. The number of ether oxygens (including phenoxy) is 1. The van der Waals surface area contributed by atoms with Crippen LogP contribution in [-0.4, -0.2) is 32.7 Å². The van der Waals surface area contributed by atoms with Gasteiger partial charge in [0.1, 0.15) is 12.4 Å². The molecule has 0 atom stereocenters. The van der Waals surface area contributed by atoms with E-state index in [1.807, 2.05) is 31.2 Å². The lowest BCUT2D eigenvalue weighted by atomic mass is 10.2. The van der Waals surface area contributed by atoms with Crippen molar-refractivity contribution >= 4 is 5.97 Å². The zero-order valence-corrected chi connectivity index (χ0v) is 11.8. The van der Waals surface area contributed by atoms with Gasteiger partial charge in [0.25, 0.3) is 0 Å². The van der Waals surface area contributed by atoms with Crippen molar-refractivity contribution in [2.45, 2.75) is 32.2 Å². The maximum absolute atomic E-state index is 11.2. The Morgan fingerprint density at radius 1 is 1.43 bits per heavy atom. The zero-order valence-electron chi connectivity index (χ0n) is 11.8. The Labute approximate surface area is 122 Å². The van der Waals surface area contributed by atoms with E-state index < -0.39 is 5.97 Å². The highest BCUT2D eigenvalue weighted by atomic mass is 16.5. The second kappa shape index (κ2) is 5.55. The summed E-state index contributed by atoms with van der Waals surface area (Å²) in [5.41, 5.74) is 1.88. The van der Waals surface area contributed by atoms with Crippen molar-refractivity contribution in [2.24, 2.45) is 0 Å². The highest BCUT2D eigenvalue weighted by Gasteiger charge is 2.33. The fourth-order valence-corrected chi connectivity index (χ4v) is 2.36. The van der Waals surface area contributed by atoms with Crippen LogP contribution in [0.15, 0.2) is 24.3 Å². The summed E-state index contributed by atoms with van der Waals surface area (Å²) >= 11 is 0. The molecule has 2 aromatic rings. The van der Waals surface area contributed by atoms with Gasteiger partial charge in [0.05, 0.1) is 12.2 Å². The summed E-state index contributed by atoms with van der Waals surface area (Å²) in [5.74, 6) is 0.108. The molecule has 1 aromatic heterocycles. The third-order valence-electron chi connectivity index (χ3n) is 3.59. The molecule has 1 saturated carbocycles. The number of carboxylic acids is 1. The molecule has 0 amide bonds. The molecule has 110 valence electrons. The number of aryl methyl sites for hydroxylation is 1. The van der Waals surface area contributed by atoms with Gasteiger partial charge in [-0.3, -0.25) is 0 Å². The van der Waals surface area contributed by atoms with Crippen LogP contribution in [0.3, 0.4) is 0 Å². The number of para-hydroxylation sites is 1. The first-order valence-electron chi connectivity index (χ1n) is 7.02. The second-order valence-electron chi connectivity index (χ2n) is 5.24. The standard InChI is InChI=1S/C15H17N3O3/c1-10-4-2-3-5-12(10)21-9-8-18-14(11-6-7-11)13(15(19)20)16-17-18/h2-5,11H,6-9H2,1H3,(H,19,20). The van der Waals surface area contributed by atoms with Crippen molar-refractivity contribution < 1.29 is 14.6 Å². The molecule has 0 saturated heterocycles. The van der Waals surface area contributed by atoms with Crippen molar-refractivity contribution in [1.29, 1.82) is 0 Å². The van der Waals surface area contributed by atoms with Gasteiger partial charge in [0, 0.05) is 5.92 Å². The average Bonchev–Trinajstić information content (AvgIpc) is 3.21. The van der Waals surface area contributed by atoms with Gasteiger partial charge >= 0.3 is 5.97 Å². The summed E-state index contributed by atoms with van der Waals surface area (Å²) in [6.45, 7) is 2.93. The molecule has 3 rings (SSSR count). The van der Waals surface area contributed by atoms with Crippen LogP contribution < -0.4 is 4.74 Å². The third-order valence-corrected chi connectivity index (χ3v) is 3.59. The van der Waals surface area contributed by atoms with Crippen LogP contribution in [0.2, 0.25) is 0 Å². The summed E-state index contributed by atoms with van der Waals surface area (Å²) in [6, 6.07) is 7.80. The van der Waals surface area contributed by atoms with Gasteiger partial charge in [-0.15, -0.1) is 5.10 Å². The van der Waals surface area contributed by atoms with E-state index in [9.17, 15) is 4.79 Å². The van der Waals surface area contributed by atoms with Crippen molar-refractivity contribution in [2.75, 3.05) is 6.61 Å². The number of benzene rings is 1. The van der Waals surface area contributed by atoms with E-state index in [4.69, 9.17) is 9.84 Å². The largest absolute Gasteiger partial charge is 0.491 e. The molecule has 1 aliphatic rings. The summed E-state index contributed by atoms with van der Waals surface area (Å²) in [6.07, 6.45) is 2.01. The van der Waals surface area contributed by atoms with Crippen molar-refractivity contribution in [3.63, 3.8) is 0 Å². The predicted molar refractivity (Wildman–Crippen MR) is 75.6 cm³/mol. The maximum Gasteiger partial charge on any atom is 0.358 e. The Bertz CT molecular complexity index is 662. The van der Waals surface area contributed by atoms with Gasteiger partial charge in [-0.1, -0.05) is 23.4 Å². The van der Waals surface area contributed by atoms with Crippen LogP contribution >= 0.6 is 0 Å². The van der Waals surface area contributed by atoms with Crippen molar-refractivity contribution in [1.82, 2.24) is 15.0 Å². The van der Waals surface area contributed by atoms with Gasteiger partial charge in [0.2, 0.25) is 0 Å². The molecule has 0 bridgehead atoms. The van der Waals surface area contributed by atoms with Crippen molar-refractivity contribution in [3.05, 3.63) is 41.2 Å². The number of hydrogen-bond donors (Lipinski definition) is 1. The molecule has 6 heteroatoms. The minimum absolute atomic E-state index is 0.0772. The summed E-state index contributed by atoms with van der Waals surface area (Å²) in [5, 5.41) is 16.9. The Kier molecular flexibility index (Phi) is 3.60. The average molecular weight is 287 g/mol. The normalized spacial score (nSPS) is 14.1. The quantitative estimate of drug-likeness (QED) is 0.881. The molecule has 6 nitrogen and oxygen atoms in total. The second-order valence-corrected chi connectivity index (χ2v) is 5.24. The molecular formula is C15H17N3O3. The minimum atomic E-state index is -1.01. The van der Waals surface area contributed by atoms with Crippen LogP contribution in [0.5, 0.6) is 5.75 Å². The Hall–Kier alpha value is -2.37. The van der Waals surface area contributed by atoms with E-state index in [1.165, 1.54) is 0 Å². The lowest BCUT2D eigenvalue weighted by Crippen LogP contribution is -2.13. The predicted octanol–water partition coefficient (Wildman–Crippen LogP) is 2.24. The number of rotatable bonds is 6. The van der Waals surface area contributed by atoms with Crippen LogP contribution in [-0.2, 0) is 6.54 Å². The fourth-order valence-electron chi connectivity index (χ4n) is 2.36. The number of carbonyl (C=O) groups is 1. The first kappa shape index (κ1) is 13.6. The highest BCUT2D eigenvalue weighted by molar-refractivity contribution is 5.86. The van der Waals surface area contributed by atoms with Gasteiger partial charge in [-0.05, 0) is 31.4 Å². The van der Waals surface area contributed by atoms with Crippen LogP contribution in [0.25, 0.3) is 0 Å². The topological polar surface area (TPSA) is 77.2 Å².